The van der Waals surface area contributed by atoms with Gasteiger partial charge in [-0.2, -0.15) is 0 Å². The van der Waals surface area contributed by atoms with Crippen LogP contribution in [0.4, 0.5) is 0 Å². The zero-order valence-corrected chi connectivity index (χ0v) is 9.87. The lowest BCUT2D eigenvalue weighted by atomic mass is 9.96. The molecule has 4 nitrogen and oxygen atoms in total. The first-order valence-electron chi connectivity index (χ1n) is 5.20. The minimum atomic E-state index is -0.593. The molecule has 0 unspecified atom stereocenters. The molecule has 1 aromatic rings. The van der Waals surface area contributed by atoms with Crippen molar-refractivity contribution in [3.05, 3.63) is 40.9 Å². The largest absolute Gasteiger partial charge is 0.472 e. The summed E-state index contributed by atoms with van der Waals surface area (Å²) >= 11 is 0. The third-order valence-electron chi connectivity index (χ3n) is 2.67. The number of hydrogen-bond donors (Lipinski definition) is 0. The maximum atomic E-state index is 11.7. The summed E-state index contributed by atoms with van der Waals surface area (Å²) in [4.78, 5) is 23.2. The van der Waals surface area contributed by atoms with Crippen molar-refractivity contribution in [2.24, 2.45) is 0 Å². The van der Waals surface area contributed by atoms with Crippen LogP contribution in [0.25, 0.3) is 5.57 Å². The molecule has 1 saturated heterocycles. The van der Waals surface area contributed by atoms with Crippen LogP contribution in [-0.2, 0) is 14.3 Å². The Kier molecular flexibility index (Phi) is 2.71. The molecule has 0 amide bonds. The Morgan fingerprint density at radius 3 is 2.24 bits per heavy atom. The van der Waals surface area contributed by atoms with Gasteiger partial charge >= 0.3 is 11.9 Å². The van der Waals surface area contributed by atoms with E-state index in [2.05, 4.69) is 4.74 Å². The molecule has 0 radical (unpaired) electrons. The van der Waals surface area contributed by atoms with E-state index in [0.717, 1.165) is 11.1 Å². The van der Waals surface area contributed by atoms with Gasteiger partial charge in [0.25, 0.3) is 0 Å². The smallest absolute Gasteiger partial charge is 0.347 e. The zero-order valence-electron chi connectivity index (χ0n) is 9.87. The maximum Gasteiger partial charge on any atom is 0.347 e. The van der Waals surface area contributed by atoms with Gasteiger partial charge in [0.1, 0.15) is 0 Å². The van der Waals surface area contributed by atoms with E-state index in [4.69, 9.17) is 4.42 Å². The summed E-state index contributed by atoms with van der Waals surface area (Å²) < 4.78 is 9.61. The number of cyclic esters (lactones) is 2. The average Bonchev–Trinajstić information content (AvgIpc) is 2.84. The Morgan fingerprint density at radius 1 is 1.06 bits per heavy atom. The maximum absolute atomic E-state index is 11.7. The lowest BCUT2D eigenvalue weighted by molar-refractivity contribution is -0.149. The van der Waals surface area contributed by atoms with Crippen LogP contribution in [0, 0.1) is 0 Å². The van der Waals surface area contributed by atoms with Crippen molar-refractivity contribution in [1.29, 1.82) is 0 Å². The minimum absolute atomic E-state index is 0.330. The standard InChI is InChI=1S/C13H12O4/c1-7(2)10-11(13(15)17-12(10)14)8(3)9-4-5-16-6-9/h4-6H,1-3H3. The second kappa shape index (κ2) is 4.05. The van der Waals surface area contributed by atoms with E-state index in [9.17, 15) is 9.59 Å². The zero-order chi connectivity index (χ0) is 12.6. The summed E-state index contributed by atoms with van der Waals surface area (Å²) in [7, 11) is 0. The summed E-state index contributed by atoms with van der Waals surface area (Å²) in [5, 5.41) is 0. The molecule has 1 fully saturated rings. The summed E-state index contributed by atoms with van der Waals surface area (Å²) in [6, 6.07) is 1.74. The van der Waals surface area contributed by atoms with E-state index in [1.54, 1.807) is 26.8 Å². The number of ether oxygens (including phenoxy) is 1. The highest BCUT2D eigenvalue weighted by atomic mass is 16.6. The highest BCUT2D eigenvalue weighted by molar-refractivity contribution is 6.22. The number of carbonyl (C=O) groups excluding carboxylic acids is 2. The van der Waals surface area contributed by atoms with Crippen LogP contribution in [0.3, 0.4) is 0 Å². The van der Waals surface area contributed by atoms with Crippen molar-refractivity contribution in [2.75, 3.05) is 0 Å². The predicted molar refractivity (Wildman–Crippen MR) is 60.8 cm³/mol. The van der Waals surface area contributed by atoms with E-state index >= 15 is 0 Å². The van der Waals surface area contributed by atoms with E-state index < -0.39 is 11.9 Å². The SMILES string of the molecule is CC(C)=C1C(=O)OC(=O)C1=C(C)c1ccoc1. The fourth-order valence-corrected chi connectivity index (χ4v) is 1.81. The lowest BCUT2D eigenvalue weighted by Crippen LogP contribution is -1.98. The van der Waals surface area contributed by atoms with Gasteiger partial charge in [-0.05, 0) is 32.4 Å². The van der Waals surface area contributed by atoms with Gasteiger partial charge in [0.2, 0.25) is 0 Å². The molecule has 2 heterocycles. The summed E-state index contributed by atoms with van der Waals surface area (Å²) in [6.45, 7) is 5.32. The second-order valence-corrected chi connectivity index (χ2v) is 4.06. The Hall–Kier alpha value is -2.10. The predicted octanol–water partition coefficient (Wildman–Crippen LogP) is 2.47. The highest BCUT2D eigenvalue weighted by Crippen LogP contribution is 2.32. The molecule has 4 heteroatoms. The van der Waals surface area contributed by atoms with Crippen molar-refractivity contribution in [1.82, 2.24) is 0 Å². The molecule has 0 aromatic carbocycles. The van der Waals surface area contributed by atoms with Crippen LogP contribution in [0.2, 0.25) is 0 Å². The number of rotatable bonds is 1. The van der Waals surface area contributed by atoms with Crippen molar-refractivity contribution in [3.63, 3.8) is 0 Å². The molecule has 2 rings (SSSR count). The lowest BCUT2D eigenvalue weighted by Gasteiger charge is -2.02. The normalized spacial score (nSPS) is 18.4. The van der Waals surface area contributed by atoms with Gasteiger partial charge in [0.15, 0.2) is 0 Å². The Balaban J connectivity index is 2.65. The quantitative estimate of drug-likeness (QED) is 0.424. The van der Waals surface area contributed by atoms with Crippen LogP contribution in [0.5, 0.6) is 0 Å². The summed E-state index contributed by atoms with van der Waals surface area (Å²) in [6.07, 6.45) is 3.05. The topological polar surface area (TPSA) is 56.5 Å². The molecule has 0 aliphatic carbocycles. The van der Waals surface area contributed by atoms with Crippen molar-refractivity contribution in [2.45, 2.75) is 20.8 Å². The Morgan fingerprint density at radius 2 is 1.71 bits per heavy atom. The second-order valence-electron chi connectivity index (χ2n) is 4.06. The highest BCUT2D eigenvalue weighted by Gasteiger charge is 2.36. The number of carbonyl (C=O) groups is 2. The molecule has 0 bridgehead atoms. The summed E-state index contributed by atoms with van der Waals surface area (Å²) in [5.41, 5.74) is 2.90. The van der Waals surface area contributed by atoms with Gasteiger partial charge < -0.3 is 9.15 Å². The molecule has 0 spiro atoms. The molecule has 88 valence electrons. The molecule has 0 saturated carbocycles. The number of esters is 2. The molecular formula is C13H12O4. The first kappa shape index (κ1) is 11.4. The summed E-state index contributed by atoms with van der Waals surface area (Å²) in [5.74, 6) is -1.17. The number of furan rings is 1. The molecule has 1 aliphatic rings. The molecule has 17 heavy (non-hydrogen) atoms. The Bertz CT molecular complexity index is 540. The van der Waals surface area contributed by atoms with Gasteiger partial charge in [-0.3, -0.25) is 0 Å². The van der Waals surface area contributed by atoms with Crippen molar-refractivity contribution in [3.8, 4) is 0 Å². The van der Waals surface area contributed by atoms with Gasteiger partial charge in [0, 0.05) is 5.56 Å². The van der Waals surface area contributed by atoms with Gasteiger partial charge in [-0.15, -0.1) is 0 Å². The van der Waals surface area contributed by atoms with Gasteiger partial charge in [-0.25, -0.2) is 9.59 Å². The van der Waals surface area contributed by atoms with Crippen LogP contribution >= 0.6 is 0 Å². The van der Waals surface area contributed by atoms with E-state index in [1.165, 1.54) is 12.5 Å². The number of allylic oxidation sites excluding steroid dienone is 2. The third-order valence-corrected chi connectivity index (χ3v) is 2.67. The van der Waals surface area contributed by atoms with Crippen molar-refractivity contribution >= 4 is 17.5 Å². The molecular weight excluding hydrogens is 220 g/mol. The third kappa shape index (κ3) is 1.82. The molecule has 0 atom stereocenters. The van der Waals surface area contributed by atoms with E-state index in [0.29, 0.717) is 16.7 Å². The van der Waals surface area contributed by atoms with E-state index in [1.807, 2.05) is 0 Å². The average molecular weight is 232 g/mol. The molecule has 0 N–H and O–H groups in total. The van der Waals surface area contributed by atoms with E-state index in [-0.39, 0.29) is 0 Å². The van der Waals surface area contributed by atoms with Crippen LogP contribution in [0.1, 0.15) is 26.3 Å². The van der Waals surface area contributed by atoms with Gasteiger partial charge in [-0.1, -0.05) is 5.57 Å². The minimum Gasteiger partial charge on any atom is -0.472 e. The number of hydrogen-bond acceptors (Lipinski definition) is 4. The first-order valence-corrected chi connectivity index (χ1v) is 5.20. The monoisotopic (exact) mass is 232 g/mol. The first-order chi connectivity index (χ1) is 8.02. The fraction of sp³-hybridized carbons (Fsp3) is 0.231. The van der Waals surface area contributed by atoms with Crippen LogP contribution in [0.15, 0.2) is 39.7 Å². The van der Waals surface area contributed by atoms with Crippen molar-refractivity contribution < 1.29 is 18.7 Å². The van der Waals surface area contributed by atoms with Crippen LogP contribution < -0.4 is 0 Å². The van der Waals surface area contributed by atoms with Gasteiger partial charge in [0.05, 0.1) is 23.7 Å². The fourth-order valence-electron chi connectivity index (χ4n) is 1.81. The molecule has 1 aromatic heterocycles. The van der Waals surface area contributed by atoms with Crippen LogP contribution in [-0.4, -0.2) is 11.9 Å². The molecule has 1 aliphatic heterocycles. The Labute approximate surface area is 98.6 Å².